The highest BCUT2D eigenvalue weighted by Crippen LogP contribution is 2.30. The smallest absolute Gasteiger partial charge is 0.305 e. The van der Waals surface area contributed by atoms with Gasteiger partial charge in [-0.25, -0.2) is 4.98 Å². The van der Waals surface area contributed by atoms with E-state index in [-0.39, 0.29) is 12.1 Å². The van der Waals surface area contributed by atoms with Gasteiger partial charge in [0.1, 0.15) is 5.52 Å². The van der Waals surface area contributed by atoms with Gasteiger partial charge in [-0.3, -0.25) is 14.9 Å². The van der Waals surface area contributed by atoms with Crippen LogP contribution in [-0.4, -0.2) is 34.1 Å². The summed E-state index contributed by atoms with van der Waals surface area (Å²) in [7, 11) is 0. The first-order valence-electron chi connectivity index (χ1n) is 6.53. The average molecular weight is 289 g/mol. The zero-order valence-corrected chi connectivity index (χ0v) is 11.5. The van der Waals surface area contributed by atoms with E-state index in [0.717, 1.165) is 5.69 Å². The van der Waals surface area contributed by atoms with Gasteiger partial charge in [-0.05, 0) is 13.0 Å². The van der Waals surface area contributed by atoms with Crippen molar-refractivity contribution in [3.63, 3.8) is 0 Å². The number of nitrogens with zero attached hydrogens (tertiary/aromatic N) is 3. The Kier molecular flexibility index (Phi) is 4.32. The largest absolute Gasteiger partial charge is 0.481 e. The molecule has 0 saturated heterocycles. The summed E-state index contributed by atoms with van der Waals surface area (Å²) in [6.45, 7) is 2.86. The predicted octanol–water partition coefficient (Wildman–Crippen LogP) is 2.44. The summed E-state index contributed by atoms with van der Waals surface area (Å²) in [5, 5.41) is 20.5. The monoisotopic (exact) mass is 289 g/mol. The van der Waals surface area contributed by atoms with Gasteiger partial charge in [-0.15, -0.1) is 0 Å². The van der Waals surface area contributed by atoms with Crippen molar-refractivity contribution in [2.75, 3.05) is 18.0 Å². The summed E-state index contributed by atoms with van der Waals surface area (Å²) in [4.78, 5) is 27.3. The van der Waals surface area contributed by atoms with Gasteiger partial charge in [-0.2, -0.15) is 0 Å². The second-order valence-electron chi connectivity index (χ2n) is 4.48. The van der Waals surface area contributed by atoms with Crippen LogP contribution in [0.4, 0.5) is 11.4 Å². The van der Waals surface area contributed by atoms with Gasteiger partial charge in [0.15, 0.2) is 0 Å². The second-order valence-corrected chi connectivity index (χ2v) is 4.48. The van der Waals surface area contributed by atoms with E-state index in [2.05, 4.69) is 4.98 Å². The summed E-state index contributed by atoms with van der Waals surface area (Å²) in [5.41, 5.74) is 1.02. The van der Waals surface area contributed by atoms with Crippen molar-refractivity contribution < 1.29 is 14.8 Å². The van der Waals surface area contributed by atoms with Gasteiger partial charge < -0.3 is 10.0 Å². The van der Waals surface area contributed by atoms with Crippen LogP contribution >= 0.6 is 0 Å². The van der Waals surface area contributed by atoms with Crippen LogP contribution in [0, 0.1) is 10.1 Å². The standard InChI is InChI=1S/C14H15N3O4/c1-2-16(9-7-13(18)19)11-6-8-15-14-10(11)4-3-5-12(14)17(20)21/h3-6,8H,2,7,9H2,1H3,(H,18,19). The number of fused-ring (bicyclic) bond motifs is 1. The topological polar surface area (TPSA) is 96.6 Å². The van der Waals surface area contributed by atoms with Crippen LogP contribution in [-0.2, 0) is 4.79 Å². The molecular formula is C14H15N3O4. The number of hydrogen-bond acceptors (Lipinski definition) is 5. The van der Waals surface area contributed by atoms with Crippen molar-refractivity contribution >= 4 is 28.2 Å². The number of carbonyl (C=O) groups is 1. The van der Waals surface area contributed by atoms with Gasteiger partial charge >= 0.3 is 5.97 Å². The van der Waals surface area contributed by atoms with Crippen LogP contribution in [0.1, 0.15) is 13.3 Å². The summed E-state index contributed by atoms with van der Waals surface area (Å²) >= 11 is 0. The number of pyridine rings is 1. The summed E-state index contributed by atoms with van der Waals surface area (Å²) in [5.74, 6) is -0.877. The van der Waals surface area contributed by atoms with Crippen molar-refractivity contribution in [2.24, 2.45) is 0 Å². The normalized spacial score (nSPS) is 10.5. The maximum atomic E-state index is 11.1. The van der Waals surface area contributed by atoms with Crippen molar-refractivity contribution in [3.8, 4) is 0 Å². The van der Waals surface area contributed by atoms with Crippen LogP contribution in [0.25, 0.3) is 10.9 Å². The number of aliphatic carboxylic acids is 1. The summed E-state index contributed by atoms with van der Waals surface area (Å²) < 4.78 is 0. The number of non-ortho nitro benzene ring substituents is 1. The molecule has 0 aliphatic heterocycles. The van der Waals surface area contributed by atoms with Crippen LogP contribution in [0.15, 0.2) is 30.5 Å². The number of para-hydroxylation sites is 1. The molecular weight excluding hydrogens is 274 g/mol. The molecule has 0 aliphatic rings. The molecule has 1 aromatic heterocycles. The third-order valence-electron chi connectivity index (χ3n) is 3.24. The highest BCUT2D eigenvalue weighted by molar-refractivity contribution is 5.96. The molecule has 1 heterocycles. The van der Waals surface area contributed by atoms with E-state index in [0.29, 0.717) is 24.0 Å². The minimum absolute atomic E-state index is 0.00653. The molecule has 0 saturated carbocycles. The first-order chi connectivity index (χ1) is 10.0. The molecule has 2 rings (SSSR count). The van der Waals surface area contributed by atoms with Crippen LogP contribution < -0.4 is 4.90 Å². The Hall–Kier alpha value is -2.70. The first kappa shape index (κ1) is 14.7. The number of nitro groups is 1. The molecule has 21 heavy (non-hydrogen) atoms. The van der Waals surface area contributed by atoms with E-state index in [9.17, 15) is 14.9 Å². The lowest BCUT2D eigenvalue weighted by molar-refractivity contribution is -0.383. The molecule has 0 bridgehead atoms. The zero-order valence-electron chi connectivity index (χ0n) is 11.5. The summed E-state index contributed by atoms with van der Waals surface area (Å²) in [6, 6.07) is 6.52. The number of anilines is 1. The molecule has 0 amide bonds. The van der Waals surface area contributed by atoms with E-state index in [4.69, 9.17) is 5.11 Å². The minimum atomic E-state index is -0.877. The van der Waals surface area contributed by atoms with Crippen LogP contribution in [0.3, 0.4) is 0 Å². The second kappa shape index (κ2) is 6.17. The lowest BCUT2D eigenvalue weighted by atomic mass is 10.1. The minimum Gasteiger partial charge on any atom is -0.481 e. The van der Waals surface area contributed by atoms with Gasteiger partial charge in [0.2, 0.25) is 0 Å². The Morgan fingerprint density at radius 2 is 2.19 bits per heavy atom. The Morgan fingerprint density at radius 3 is 2.81 bits per heavy atom. The molecule has 0 aliphatic carbocycles. The van der Waals surface area contributed by atoms with Crippen molar-refractivity contribution in [1.82, 2.24) is 4.98 Å². The molecule has 0 unspecified atom stereocenters. The SMILES string of the molecule is CCN(CCC(=O)O)c1ccnc2c([N+](=O)[O-])cccc12. The molecule has 1 aromatic carbocycles. The number of carboxylic acids is 1. The molecule has 0 radical (unpaired) electrons. The molecule has 0 fully saturated rings. The quantitative estimate of drug-likeness (QED) is 0.648. The third-order valence-corrected chi connectivity index (χ3v) is 3.24. The fourth-order valence-electron chi connectivity index (χ4n) is 2.25. The summed E-state index contributed by atoms with van der Waals surface area (Å²) in [6.07, 6.45) is 1.51. The lowest BCUT2D eigenvalue weighted by Crippen LogP contribution is -2.26. The van der Waals surface area contributed by atoms with Gasteiger partial charge in [-0.1, -0.05) is 12.1 Å². The van der Waals surface area contributed by atoms with Crippen molar-refractivity contribution in [1.29, 1.82) is 0 Å². The number of rotatable bonds is 6. The molecule has 0 atom stereocenters. The Labute approximate surface area is 121 Å². The average Bonchev–Trinajstić information content (AvgIpc) is 2.47. The van der Waals surface area contributed by atoms with Crippen molar-refractivity contribution in [3.05, 3.63) is 40.6 Å². The fourth-order valence-corrected chi connectivity index (χ4v) is 2.25. The first-order valence-corrected chi connectivity index (χ1v) is 6.53. The molecule has 0 spiro atoms. The van der Waals surface area contributed by atoms with Crippen molar-refractivity contribution in [2.45, 2.75) is 13.3 Å². The maximum absolute atomic E-state index is 11.1. The van der Waals surface area contributed by atoms with E-state index >= 15 is 0 Å². The van der Waals surface area contributed by atoms with Gasteiger partial charge in [0.05, 0.1) is 11.3 Å². The number of benzene rings is 1. The zero-order chi connectivity index (χ0) is 15.4. The van der Waals surface area contributed by atoms with E-state index in [1.165, 1.54) is 12.3 Å². The Morgan fingerprint density at radius 1 is 1.43 bits per heavy atom. The number of aromatic nitrogens is 1. The van der Waals surface area contributed by atoms with Gasteiger partial charge in [0, 0.05) is 36.4 Å². The van der Waals surface area contributed by atoms with Crippen LogP contribution in [0.2, 0.25) is 0 Å². The molecule has 2 aromatic rings. The van der Waals surface area contributed by atoms with E-state index in [1.807, 2.05) is 11.8 Å². The third kappa shape index (κ3) is 3.07. The molecule has 7 heteroatoms. The highest BCUT2D eigenvalue weighted by atomic mass is 16.6. The maximum Gasteiger partial charge on any atom is 0.305 e. The Bertz CT molecular complexity index is 687. The van der Waals surface area contributed by atoms with Gasteiger partial charge in [0.25, 0.3) is 5.69 Å². The van der Waals surface area contributed by atoms with Crippen LogP contribution in [0.5, 0.6) is 0 Å². The Balaban J connectivity index is 2.50. The molecule has 1 N–H and O–H groups in total. The predicted molar refractivity (Wildman–Crippen MR) is 78.5 cm³/mol. The number of nitro benzene ring substituents is 1. The highest BCUT2D eigenvalue weighted by Gasteiger charge is 2.17. The lowest BCUT2D eigenvalue weighted by Gasteiger charge is -2.23. The fraction of sp³-hybridized carbons (Fsp3) is 0.286. The van der Waals surface area contributed by atoms with E-state index < -0.39 is 10.9 Å². The molecule has 110 valence electrons. The number of hydrogen-bond donors (Lipinski definition) is 1. The van der Waals surface area contributed by atoms with E-state index in [1.54, 1.807) is 18.2 Å². The molecule has 7 nitrogen and oxygen atoms in total. The number of carboxylic acid groups (broad SMARTS) is 1.